The van der Waals surface area contributed by atoms with Gasteiger partial charge in [0, 0.05) is 33.0 Å². The lowest BCUT2D eigenvalue weighted by atomic mass is 9.82. The number of amides is 1. The van der Waals surface area contributed by atoms with Crippen molar-refractivity contribution in [2.45, 2.75) is 19.8 Å². The van der Waals surface area contributed by atoms with Crippen LogP contribution in [0.1, 0.15) is 30.3 Å². The number of aryl methyl sites for hydroxylation is 1. The minimum atomic E-state index is -0.208. The largest absolute Gasteiger partial charge is 0.396 e. The summed E-state index contributed by atoms with van der Waals surface area (Å²) in [4.78, 5) is 12.0. The average Bonchev–Trinajstić information content (AvgIpc) is 2.67. The molecule has 1 saturated heterocycles. The summed E-state index contributed by atoms with van der Waals surface area (Å²) in [5, 5.41) is 6.96. The quantitative estimate of drug-likeness (QED) is 0.823. The second-order valence-corrected chi connectivity index (χ2v) is 5.21. The van der Waals surface area contributed by atoms with Gasteiger partial charge in [-0.3, -0.25) is 9.48 Å². The molecule has 0 atom stereocenters. The molecule has 0 radical (unpaired) electrons. The summed E-state index contributed by atoms with van der Waals surface area (Å²) < 4.78 is 6.87. The van der Waals surface area contributed by atoms with Crippen LogP contribution in [0, 0.1) is 5.41 Å². The predicted molar refractivity (Wildman–Crippen MR) is 68.1 cm³/mol. The number of nitrogens with two attached hydrogens (primary N) is 1. The van der Waals surface area contributed by atoms with Crippen LogP contribution in [0.5, 0.6) is 0 Å². The SMILES string of the molecule is Cn1cc(N)c(C(=O)NCC2(C)CCOCC2)n1. The maximum absolute atomic E-state index is 12.0. The summed E-state index contributed by atoms with van der Waals surface area (Å²) in [7, 11) is 1.74. The zero-order chi connectivity index (χ0) is 13.2. The molecule has 1 aliphatic rings. The number of hydrogen-bond donors (Lipinski definition) is 2. The third kappa shape index (κ3) is 2.81. The maximum Gasteiger partial charge on any atom is 0.273 e. The van der Waals surface area contributed by atoms with Crippen molar-refractivity contribution in [3.8, 4) is 0 Å². The normalized spacial score (nSPS) is 18.6. The van der Waals surface area contributed by atoms with Gasteiger partial charge in [-0.15, -0.1) is 0 Å². The first-order valence-corrected chi connectivity index (χ1v) is 6.15. The molecule has 0 aliphatic carbocycles. The number of ether oxygens (including phenoxy) is 1. The lowest BCUT2D eigenvalue weighted by Gasteiger charge is -2.33. The van der Waals surface area contributed by atoms with Crippen LogP contribution < -0.4 is 11.1 Å². The molecule has 0 saturated carbocycles. The van der Waals surface area contributed by atoms with Gasteiger partial charge in [-0.05, 0) is 18.3 Å². The molecule has 2 heterocycles. The molecule has 0 aromatic carbocycles. The van der Waals surface area contributed by atoms with E-state index in [1.54, 1.807) is 17.9 Å². The molecule has 6 nitrogen and oxygen atoms in total. The van der Waals surface area contributed by atoms with Crippen molar-refractivity contribution in [1.29, 1.82) is 0 Å². The molecule has 2 rings (SSSR count). The van der Waals surface area contributed by atoms with E-state index in [1.807, 2.05) is 0 Å². The van der Waals surface area contributed by atoms with Crippen LogP contribution in [0.4, 0.5) is 5.69 Å². The van der Waals surface area contributed by atoms with Crippen molar-refractivity contribution in [2.75, 3.05) is 25.5 Å². The molecule has 1 aliphatic heterocycles. The van der Waals surface area contributed by atoms with Gasteiger partial charge in [0.05, 0.1) is 5.69 Å². The standard InChI is InChI=1S/C12H20N4O2/c1-12(3-5-18-6-4-12)8-14-11(17)10-9(13)7-16(2)15-10/h7H,3-6,8,13H2,1-2H3,(H,14,17). The van der Waals surface area contributed by atoms with Gasteiger partial charge in [0.15, 0.2) is 5.69 Å². The smallest absolute Gasteiger partial charge is 0.273 e. The number of aromatic nitrogens is 2. The fourth-order valence-electron chi connectivity index (χ4n) is 2.10. The van der Waals surface area contributed by atoms with Gasteiger partial charge in [-0.1, -0.05) is 6.92 Å². The third-order valence-corrected chi connectivity index (χ3v) is 3.45. The van der Waals surface area contributed by atoms with E-state index in [-0.39, 0.29) is 11.3 Å². The maximum atomic E-state index is 12.0. The van der Waals surface area contributed by atoms with E-state index >= 15 is 0 Å². The average molecular weight is 252 g/mol. The highest BCUT2D eigenvalue weighted by atomic mass is 16.5. The van der Waals surface area contributed by atoms with E-state index in [2.05, 4.69) is 17.3 Å². The van der Waals surface area contributed by atoms with Gasteiger partial charge >= 0.3 is 0 Å². The zero-order valence-corrected chi connectivity index (χ0v) is 10.9. The lowest BCUT2D eigenvalue weighted by Crippen LogP contribution is -2.39. The van der Waals surface area contributed by atoms with E-state index in [1.165, 1.54) is 0 Å². The highest BCUT2D eigenvalue weighted by Crippen LogP contribution is 2.28. The summed E-state index contributed by atoms with van der Waals surface area (Å²) >= 11 is 0. The summed E-state index contributed by atoms with van der Waals surface area (Å²) in [6, 6.07) is 0. The minimum Gasteiger partial charge on any atom is -0.396 e. The molecule has 1 fully saturated rings. The van der Waals surface area contributed by atoms with Crippen LogP contribution in [-0.2, 0) is 11.8 Å². The van der Waals surface area contributed by atoms with Gasteiger partial charge in [0.1, 0.15) is 0 Å². The minimum absolute atomic E-state index is 0.109. The lowest BCUT2D eigenvalue weighted by molar-refractivity contribution is 0.0238. The molecule has 6 heteroatoms. The van der Waals surface area contributed by atoms with Crippen molar-refractivity contribution in [3.05, 3.63) is 11.9 Å². The number of carbonyl (C=O) groups excluding carboxylic acids is 1. The Morgan fingerprint density at radius 3 is 2.83 bits per heavy atom. The van der Waals surface area contributed by atoms with Crippen LogP contribution in [-0.4, -0.2) is 35.4 Å². The molecule has 3 N–H and O–H groups in total. The van der Waals surface area contributed by atoms with Crippen molar-refractivity contribution < 1.29 is 9.53 Å². The van der Waals surface area contributed by atoms with Crippen LogP contribution in [0.3, 0.4) is 0 Å². The highest BCUT2D eigenvalue weighted by Gasteiger charge is 2.28. The summed E-state index contributed by atoms with van der Waals surface area (Å²) in [6.07, 6.45) is 3.56. The molecule has 0 bridgehead atoms. The number of rotatable bonds is 3. The number of nitrogen functional groups attached to an aromatic ring is 1. The Morgan fingerprint density at radius 1 is 1.61 bits per heavy atom. The van der Waals surface area contributed by atoms with Gasteiger partial charge in [0.25, 0.3) is 5.91 Å². The van der Waals surface area contributed by atoms with Crippen LogP contribution in [0.15, 0.2) is 6.20 Å². The topological polar surface area (TPSA) is 82.2 Å². The molecular weight excluding hydrogens is 232 g/mol. The fraction of sp³-hybridized carbons (Fsp3) is 0.667. The fourth-order valence-corrected chi connectivity index (χ4v) is 2.10. The van der Waals surface area contributed by atoms with Crippen LogP contribution >= 0.6 is 0 Å². The van der Waals surface area contributed by atoms with Gasteiger partial charge in [-0.25, -0.2) is 0 Å². The Labute approximate surface area is 106 Å². The second-order valence-electron chi connectivity index (χ2n) is 5.21. The van der Waals surface area contributed by atoms with E-state index in [4.69, 9.17) is 10.5 Å². The van der Waals surface area contributed by atoms with E-state index in [0.29, 0.717) is 17.9 Å². The Hall–Kier alpha value is -1.56. The molecule has 0 unspecified atom stereocenters. The molecule has 1 aromatic rings. The van der Waals surface area contributed by atoms with Crippen LogP contribution in [0.25, 0.3) is 0 Å². The van der Waals surface area contributed by atoms with Gasteiger partial charge in [0.2, 0.25) is 0 Å². The Bertz CT molecular complexity index is 435. The zero-order valence-electron chi connectivity index (χ0n) is 10.9. The van der Waals surface area contributed by atoms with Gasteiger partial charge < -0.3 is 15.8 Å². The first-order valence-electron chi connectivity index (χ1n) is 6.15. The number of nitrogens with one attached hydrogen (secondary N) is 1. The third-order valence-electron chi connectivity index (χ3n) is 3.45. The molecule has 100 valence electrons. The van der Waals surface area contributed by atoms with Crippen molar-refractivity contribution in [2.24, 2.45) is 12.5 Å². The number of hydrogen-bond acceptors (Lipinski definition) is 4. The van der Waals surface area contributed by atoms with Gasteiger partial charge in [-0.2, -0.15) is 5.10 Å². The number of nitrogens with zero attached hydrogens (tertiary/aromatic N) is 2. The second kappa shape index (κ2) is 4.97. The van der Waals surface area contributed by atoms with E-state index in [9.17, 15) is 4.79 Å². The van der Waals surface area contributed by atoms with E-state index in [0.717, 1.165) is 26.1 Å². The molecule has 1 aromatic heterocycles. The molecule has 0 spiro atoms. The van der Waals surface area contributed by atoms with Crippen molar-refractivity contribution in [3.63, 3.8) is 0 Å². The van der Waals surface area contributed by atoms with E-state index < -0.39 is 0 Å². The Morgan fingerprint density at radius 2 is 2.28 bits per heavy atom. The molecular formula is C12H20N4O2. The number of anilines is 1. The first kappa shape index (κ1) is 12.9. The highest BCUT2D eigenvalue weighted by molar-refractivity contribution is 5.96. The summed E-state index contributed by atoms with van der Waals surface area (Å²) in [5.74, 6) is -0.208. The molecule has 1 amide bonds. The predicted octanol–water partition coefficient (Wildman–Crippen LogP) is 0.549. The Balaban J connectivity index is 1.94. The van der Waals surface area contributed by atoms with Crippen molar-refractivity contribution >= 4 is 11.6 Å². The summed E-state index contributed by atoms with van der Waals surface area (Å²) in [6.45, 7) is 4.32. The first-order chi connectivity index (χ1) is 8.50. The van der Waals surface area contributed by atoms with Crippen molar-refractivity contribution in [1.82, 2.24) is 15.1 Å². The monoisotopic (exact) mass is 252 g/mol. The molecule has 18 heavy (non-hydrogen) atoms. The van der Waals surface area contributed by atoms with Crippen LogP contribution in [0.2, 0.25) is 0 Å². The number of carbonyl (C=O) groups is 1. The Kier molecular flexibility index (Phi) is 3.56. The summed E-state index contributed by atoms with van der Waals surface area (Å²) in [5.41, 5.74) is 6.54.